The van der Waals surface area contributed by atoms with Crippen LogP contribution in [0.3, 0.4) is 0 Å². The predicted octanol–water partition coefficient (Wildman–Crippen LogP) is 2.64. The van der Waals surface area contributed by atoms with Crippen LogP contribution in [0.1, 0.15) is 11.1 Å². The highest BCUT2D eigenvalue weighted by atomic mass is 19.1. The van der Waals surface area contributed by atoms with E-state index in [0.717, 1.165) is 24.3 Å². The number of amides is 2. The molecule has 1 aliphatic rings. The van der Waals surface area contributed by atoms with Gasteiger partial charge >= 0.3 is 0 Å². The molecule has 0 radical (unpaired) electrons. The molecular weight excluding hydrogens is 371 g/mol. The number of halogens is 1. The molecule has 2 aromatic rings. The van der Waals surface area contributed by atoms with Gasteiger partial charge < -0.3 is 10.6 Å². The first-order chi connectivity index (χ1) is 13.9. The minimum atomic E-state index is -0.333. The van der Waals surface area contributed by atoms with Gasteiger partial charge in [-0.05, 0) is 61.4 Å². The second-order valence-corrected chi connectivity index (χ2v) is 7.45. The van der Waals surface area contributed by atoms with Crippen LogP contribution in [-0.2, 0) is 9.59 Å². The van der Waals surface area contributed by atoms with Gasteiger partial charge in [-0.3, -0.25) is 19.4 Å². The Morgan fingerprint density at radius 1 is 0.793 bits per heavy atom. The Morgan fingerprint density at radius 3 is 1.79 bits per heavy atom. The lowest BCUT2D eigenvalue weighted by Gasteiger charge is -2.33. The third-order valence-corrected chi connectivity index (χ3v) is 5.12. The number of nitrogens with zero attached hydrogens (tertiary/aromatic N) is 2. The Hall–Kier alpha value is -2.77. The van der Waals surface area contributed by atoms with Crippen molar-refractivity contribution in [3.05, 3.63) is 59.4 Å². The molecule has 6 nitrogen and oxygen atoms in total. The van der Waals surface area contributed by atoms with Gasteiger partial charge in [0.2, 0.25) is 11.8 Å². The monoisotopic (exact) mass is 398 g/mol. The first-order valence-corrected chi connectivity index (χ1v) is 9.76. The van der Waals surface area contributed by atoms with Crippen LogP contribution < -0.4 is 10.6 Å². The number of carbonyl (C=O) groups is 2. The zero-order valence-corrected chi connectivity index (χ0v) is 16.9. The summed E-state index contributed by atoms with van der Waals surface area (Å²) in [7, 11) is 0. The fourth-order valence-corrected chi connectivity index (χ4v) is 3.27. The fraction of sp³-hybridized carbons (Fsp3) is 0.364. The van der Waals surface area contributed by atoms with Gasteiger partial charge in [0.15, 0.2) is 0 Å². The van der Waals surface area contributed by atoms with E-state index in [1.165, 1.54) is 17.7 Å². The summed E-state index contributed by atoms with van der Waals surface area (Å²) in [5.41, 5.74) is 3.74. The average Bonchev–Trinajstić information content (AvgIpc) is 2.68. The molecule has 1 heterocycles. The highest BCUT2D eigenvalue weighted by Gasteiger charge is 2.20. The summed E-state index contributed by atoms with van der Waals surface area (Å²) in [4.78, 5) is 28.6. The van der Waals surface area contributed by atoms with Crippen molar-refractivity contribution in [1.82, 2.24) is 9.80 Å². The van der Waals surface area contributed by atoms with Crippen molar-refractivity contribution in [2.24, 2.45) is 0 Å². The number of nitrogens with one attached hydrogen (secondary N) is 2. The summed E-state index contributed by atoms with van der Waals surface area (Å²) in [6.07, 6.45) is 0. The Bertz CT molecular complexity index is 862. The van der Waals surface area contributed by atoms with Crippen molar-refractivity contribution in [3.8, 4) is 0 Å². The van der Waals surface area contributed by atoms with E-state index in [1.807, 2.05) is 32.0 Å². The topological polar surface area (TPSA) is 64.7 Å². The maximum absolute atomic E-state index is 12.9. The smallest absolute Gasteiger partial charge is 0.238 e. The fourth-order valence-electron chi connectivity index (χ4n) is 3.27. The van der Waals surface area contributed by atoms with E-state index in [9.17, 15) is 14.0 Å². The van der Waals surface area contributed by atoms with E-state index in [0.29, 0.717) is 25.3 Å². The molecule has 154 valence electrons. The van der Waals surface area contributed by atoms with Gasteiger partial charge in [0.1, 0.15) is 5.82 Å². The van der Waals surface area contributed by atoms with E-state index in [4.69, 9.17) is 0 Å². The van der Waals surface area contributed by atoms with Crippen molar-refractivity contribution in [3.63, 3.8) is 0 Å². The summed E-state index contributed by atoms with van der Waals surface area (Å²) in [6, 6.07) is 11.6. The standard InChI is InChI=1S/C22H27FN4O2/c1-16-3-6-20(13-17(16)2)25-22(29)15-27-11-9-26(10-12-27)14-21(28)24-19-7-4-18(23)5-8-19/h3-8,13H,9-12,14-15H2,1-2H3,(H,24,28)(H,25,29). The van der Waals surface area contributed by atoms with Gasteiger partial charge in [-0.2, -0.15) is 0 Å². The summed E-state index contributed by atoms with van der Waals surface area (Å²) in [5, 5.41) is 5.72. The normalized spacial score (nSPS) is 15.1. The molecule has 2 amide bonds. The molecule has 0 bridgehead atoms. The second-order valence-electron chi connectivity index (χ2n) is 7.45. The lowest BCUT2D eigenvalue weighted by molar-refractivity contribution is -0.120. The maximum Gasteiger partial charge on any atom is 0.238 e. The van der Waals surface area contributed by atoms with E-state index in [-0.39, 0.29) is 24.2 Å². The van der Waals surface area contributed by atoms with Crippen molar-refractivity contribution in [2.45, 2.75) is 13.8 Å². The van der Waals surface area contributed by atoms with E-state index < -0.39 is 0 Å². The van der Waals surface area contributed by atoms with Crippen molar-refractivity contribution in [1.29, 1.82) is 0 Å². The molecular formula is C22H27FN4O2. The third kappa shape index (κ3) is 6.37. The number of anilines is 2. The quantitative estimate of drug-likeness (QED) is 0.785. The predicted molar refractivity (Wildman–Crippen MR) is 112 cm³/mol. The minimum absolute atomic E-state index is 0.0317. The molecule has 0 aromatic heterocycles. The summed E-state index contributed by atoms with van der Waals surface area (Å²) < 4.78 is 12.9. The molecule has 3 rings (SSSR count). The van der Waals surface area contributed by atoms with Crippen molar-refractivity contribution >= 4 is 23.2 Å². The van der Waals surface area contributed by atoms with E-state index in [1.54, 1.807) is 12.1 Å². The van der Waals surface area contributed by atoms with Gasteiger partial charge in [-0.15, -0.1) is 0 Å². The molecule has 0 aliphatic carbocycles. The van der Waals surface area contributed by atoms with Crippen LogP contribution in [0.25, 0.3) is 0 Å². The number of hydrogen-bond donors (Lipinski definition) is 2. The Balaban J connectivity index is 1.39. The van der Waals surface area contributed by atoms with Gasteiger partial charge in [0.25, 0.3) is 0 Å². The summed E-state index contributed by atoms with van der Waals surface area (Å²) >= 11 is 0. The number of carbonyl (C=O) groups excluding carboxylic acids is 2. The zero-order valence-electron chi connectivity index (χ0n) is 16.9. The van der Waals surface area contributed by atoms with Gasteiger partial charge in [0, 0.05) is 37.6 Å². The molecule has 2 aromatic carbocycles. The van der Waals surface area contributed by atoms with Crippen LogP contribution in [0, 0.1) is 19.7 Å². The number of aryl methyl sites for hydroxylation is 2. The van der Waals surface area contributed by atoms with E-state index in [2.05, 4.69) is 20.4 Å². The minimum Gasteiger partial charge on any atom is -0.325 e. The van der Waals surface area contributed by atoms with Crippen molar-refractivity contribution in [2.75, 3.05) is 49.9 Å². The molecule has 0 unspecified atom stereocenters. The first kappa shape index (κ1) is 21.0. The van der Waals surface area contributed by atoms with Gasteiger partial charge in [-0.1, -0.05) is 6.07 Å². The lowest BCUT2D eigenvalue weighted by atomic mass is 10.1. The van der Waals surface area contributed by atoms with Crippen LogP contribution in [0.15, 0.2) is 42.5 Å². The molecule has 1 aliphatic heterocycles. The highest BCUT2D eigenvalue weighted by molar-refractivity contribution is 5.93. The molecule has 1 fully saturated rings. The SMILES string of the molecule is Cc1ccc(NC(=O)CN2CCN(CC(=O)Nc3ccc(F)cc3)CC2)cc1C. The molecule has 0 atom stereocenters. The van der Waals surface area contributed by atoms with Crippen LogP contribution in [0.5, 0.6) is 0 Å². The van der Waals surface area contributed by atoms with Gasteiger partial charge in [-0.25, -0.2) is 4.39 Å². The molecule has 29 heavy (non-hydrogen) atoms. The third-order valence-electron chi connectivity index (χ3n) is 5.12. The largest absolute Gasteiger partial charge is 0.325 e. The van der Waals surface area contributed by atoms with Crippen molar-refractivity contribution < 1.29 is 14.0 Å². The summed E-state index contributed by atoms with van der Waals surface area (Å²) in [6.45, 7) is 7.56. The zero-order chi connectivity index (χ0) is 20.8. The van der Waals surface area contributed by atoms with Crippen LogP contribution >= 0.6 is 0 Å². The Morgan fingerprint density at radius 2 is 1.28 bits per heavy atom. The molecule has 0 spiro atoms. The second kappa shape index (κ2) is 9.62. The molecule has 0 saturated carbocycles. The number of hydrogen-bond acceptors (Lipinski definition) is 4. The number of piperazine rings is 1. The maximum atomic E-state index is 12.9. The van der Waals surface area contributed by atoms with Gasteiger partial charge in [0.05, 0.1) is 13.1 Å². The Kier molecular flexibility index (Phi) is 6.95. The number of benzene rings is 2. The van der Waals surface area contributed by atoms with Crippen LogP contribution in [-0.4, -0.2) is 60.9 Å². The first-order valence-electron chi connectivity index (χ1n) is 9.76. The van der Waals surface area contributed by atoms with Crippen LogP contribution in [0.4, 0.5) is 15.8 Å². The number of rotatable bonds is 6. The average molecular weight is 398 g/mol. The lowest BCUT2D eigenvalue weighted by Crippen LogP contribution is -2.50. The molecule has 2 N–H and O–H groups in total. The molecule has 1 saturated heterocycles. The molecule has 7 heteroatoms. The van der Waals surface area contributed by atoms with E-state index >= 15 is 0 Å². The Labute approximate surface area is 170 Å². The summed E-state index contributed by atoms with van der Waals surface area (Å²) in [5.74, 6) is -0.492. The van der Waals surface area contributed by atoms with Crippen LogP contribution in [0.2, 0.25) is 0 Å². The highest BCUT2D eigenvalue weighted by Crippen LogP contribution is 2.14.